The van der Waals surface area contributed by atoms with E-state index < -0.39 is 32.5 Å². The highest BCUT2D eigenvalue weighted by Gasteiger charge is 2.21. The van der Waals surface area contributed by atoms with E-state index in [0.29, 0.717) is 23.9 Å². The Bertz CT molecular complexity index is 1340. The molecule has 2 atom stereocenters. The van der Waals surface area contributed by atoms with Crippen LogP contribution in [0.2, 0.25) is 0 Å². The summed E-state index contributed by atoms with van der Waals surface area (Å²) in [7, 11) is 1.09. The highest BCUT2D eigenvalue weighted by molar-refractivity contribution is 7.45. The van der Waals surface area contributed by atoms with Gasteiger partial charge in [0.05, 0.1) is 27.7 Å². The van der Waals surface area contributed by atoms with E-state index in [1.54, 1.807) is 0 Å². The van der Waals surface area contributed by atoms with Gasteiger partial charge in [-0.1, -0.05) is 150 Å². The first-order chi connectivity index (χ1) is 29.0. The Morgan fingerprint density at radius 2 is 0.933 bits per heavy atom. The van der Waals surface area contributed by atoms with Gasteiger partial charge in [-0.05, 0) is 89.9 Å². The predicted molar refractivity (Wildman–Crippen MR) is 249 cm³/mol. The molecule has 0 heterocycles. The predicted octanol–water partition coefficient (Wildman–Crippen LogP) is 12.7. The number of carbonyl (C=O) groups is 2. The number of phosphoric ester groups is 1. The normalized spacial score (nSPS) is 14.4. The van der Waals surface area contributed by atoms with Crippen molar-refractivity contribution in [1.82, 2.24) is 0 Å². The molecule has 0 aromatic rings. The minimum Gasteiger partial charge on any atom is -0.756 e. The summed E-state index contributed by atoms with van der Waals surface area (Å²) >= 11 is 0. The molecule has 0 radical (unpaired) electrons. The summed E-state index contributed by atoms with van der Waals surface area (Å²) < 4.78 is 33.8. The van der Waals surface area contributed by atoms with Gasteiger partial charge in [0.15, 0.2) is 6.10 Å². The average Bonchev–Trinajstić information content (AvgIpc) is 3.20. The Kier molecular flexibility index (Phi) is 39.2. The van der Waals surface area contributed by atoms with Gasteiger partial charge in [-0.15, -0.1) is 0 Å². The van der Waals surface area contributed by atoms with E-state index in [0.717, 1.165) is 64.2 Å². The second-order valence-corrected chi connectivity index (χ2v) is 17.5. The van der Waals surface area contributed by atoms with Crippen LogP contribution in [-0.4, -0.2) is 70.0 Å². The van der Waals surface area contributed by atoms with Crippen LogP contribution in [-0.2, 0) is 32.7 Å². The van der Waals surface area contributed by atoms with E-state index in [2.05, 4.69) is 98.9 Å². The number of phosphoric acid groups is 1. The number of unbranched alkanes of at least 4 members (excludes halogenated alkanes) is 10. The summed E-state index contributed by atoms with van der Waals surface area (Å²) in [6, 6.07) is 0. The van der Waals surface area contributed by atoms with E-state index in [4.69, 9.17) is 18.5 Å². The fourth-order valence-corrected chi connectivity index (χ4v) is 6.19. The monoisotopic (exact) mass is 858 g/mol. The third kappa shape index (κ3) is 44.5. The van der Waals surface area contributed by atoms with Crippen molar-refractivity contribution < 1.29 is 42.1 Å². The first-order valence-electron chi connectivity index (χ1n) is 22.9. The molecule has 0 saturated carbocycles. The van der Waals surface area contributed by atoms with E-state index in [1.165, 1.54) is 51.4 Å². The molecule has 0 aliphatic carbocycles. The number of nitrogens with zero attached hydrogens (tertiary/aromatic N) is 1. The molecular weight excluding hydrogens is 774 g/mol. The minimum absolute atomic E-state index is 0.0535. The summed E-state index contributed by atoms with van der Waals surface area (Å²) in [5.74, 6) is -0.966. The standard InChI is InChI=1S/C50H84NO8P/c1-6-8-10-12-14-16-18-20-22-24-25-27-29-31-33-35-37-39-41-43-50(53)59-48(47-58-60(54,55)57-45-44-51(3,4)5)46-56-49(52)42-40-38-36-34-32-30-28-26-23-21-19-17-15-13-11-9-7-2/h14-17,20-23,25,27-28,30-31,33,37,39,48H,6-13,18-19,24,26,29,32,34-36,38,40-47H2,1-5H3/b16-14+,17-15+,22-20+,23-21+,27-25+,30-28+,33-31+,39-37+/t48-/m1/s1. The number of hydrogen-bond acceptors (Lipinski definition) is 8. The van der Waals surface area contributed by atoms with Crippen molar-refractivity contribution in [2.24, 2.45) is 0 Å². The first-order valence-corrected chi connectivity index (χ1v) is 24.4. The SMILES string of the molecule is CCCCC/C=C/C/C=C/C/C=C/C/C=C/C/C=C/CCC(=O)O[C@H](COC(=O)CCCCCC/C=C/C/C=C/C/C=C/CCCCC)COP(=O)([O-])OCC[N+](C)(C)C. The van der Waals surface area contributed by atoms with E-state index in [1.807, 2.05) is 33.3 Å². The molecular formula is C50H84NO8P. The van der Waals surface area contributed by atoms with Gasteiger partial charge >= 0.3 is 11.9 Å². The maximum Gasteiger partial charge on any atom is 0.306 e. The summed E-state index contributed by atoms with van der Waals surface area (Å²) in [6.07, 6.45) is 54.5. The highest BCUT2D eigenvalue weighted by Crippen LogP contribution is 2.38. The van der Waals surface area contributed by atoms with Crippen molar-refractivity contribution in [3.63, 3.8) is 0 Å². The molecule has 0 aliphatic heterocycles. The Hall–Kier alpha value is -3.07. The zero-order valence-corrected chi connectivity index (χ0v) is 39.3. The largest absolute Gasteiger partial charge is 0.756 e. The van der Waals surface area contributed by atoms with E-state index in [9.17, 15) is 19.0 Å². The smallest absolute Gasteiger partial charge is 0.306 e. The zero-order valence-electron chi connectivity index (χ0n) is 38.4. The lowest BCUT2D eigenvalue weighted by Gasteiger charge is -2.28. The Labute approximate surface area is 366 Å². The fourth-order valence-electron chi connectivity index (χ4n) is 5.47. The maximum absolute atomic E-state index is 12.7. The van der Waals surface area contributed by atoms with Gasteiger partial charge in [-0.3, -0.25) is 14.2 Å². The number of hydrogen-bond donors (Lipinski definition) is 0. The van der Waals surface area contributed by atoms with Crippen molar-refractivity contribution in [2.75, 3.05) is 47.5 Å². The highest BCUT2D eigenvalue weighted by atomic mass is 31.2. The van der Waals surface area contributed by atoms with Crippen LogP contribution in [0, 0.1) is 0 Å². The summed E-state index contributed by atoms with van der Waals surface area (Å²) in [5, 5.41) is 0. The van der Waals surface area contributed by atoms with Gasteiger partial charge in [0.25, 0.3) is 7.82 Å². The lowest BCUT2D eigenvalue weighted by atomic mass is 10.1. The van der Waals surface area contributed by atoms with Gasteiger partial charge in [0.2, 0.25) is 0 Å². The van der Waals surface area contributed by atoms with Crippen LogP contribution in [0.4, 0.5) is 0 Å². The van der Waals surface area contributed by atoms with Crippen molar-refractivity contribution in [3.8, 4) is 0 Å². The van der Waals surface area contributed by atoms with Crippen LogP contribution < -0.4 is 4.89 Å². The molecule has 9 nitrogen and oxygen atoms in total. The third-order valence-corrected chi connectivity index (χ3v) is 10.1. The second-order valence-electron chi connectivity index (χ2n) is 16.1. The molecule has 0 N–H and O–H groups in total. The quantitative estimate of drug-likeness (QED) is 0.0197. The van der Waals surface area contributed by atoms with Crippen molar-refractivity contribution in [2.45, 2.75) is 161 Å². The Morgan fingerprint density at radius 3 is 1.38 bits per heavy atom. The van der Waals surface area contributed by atoms with Gasteiger partial charge in [0, 0.05) is 12.8 Å². The molecule has 10 heteroatoms. The molecule has 342 valence electrons. The molecule has 0 spiro atoms. The fraction of sp³-hybridized carbons (Fsp3) is 0.640. The van der Waals surface area contributed by atoms with Crippen LogP contribution in [0.15, 0.2) is 97.2 Å². The number of allylic oxidation sites excluding steroid dienone is 16. The number of likely N-dealkylation sites (N-methyl/N-ethyl adjacent to an activating group) is 1. The van der Waals surface area contributed by atoms with Gasteiger partial charge in [-0.2, -0.15) is 0 Å². The van der Waals surface area contributed by atoms with Crippen LogP contribution in [0.25, 0.3) is 0 Å². The summed E-state index contributed by atoms with van der Waals surface area (Å²) in [4.78, 5) is 37.5. The Morgan fingerprint density at radius 1 is 0.517 bits per heavy atom. The van der Waals surface area contributed by atoms with Gasteiger partial charge < -0.3 is 27.9 Å². The third-order valence-electron chi connectivity index (χ3n) is 9.09. The van der Waals surface area contributed by atoms with Crippen LogP contribution >= 0.6 is 7.82 Å². The Balaban J connectivity index is 4.53. The summed E-state index contributed by atoms with van der Waals surface area (Å²) in [6.45, 7) is 4.03. The molecule has 0 rings (SSSR count). The molecule has 0 amide bonds. The molecule has 0 saturated heterocycles. The van der Waals surface area contributed by atoms with Crippen LogP contribution in [0.3, 0.4) is 0 Å². The number of rotatable bonds is 40. The number of esters is 2. The van der Waals surface area contributed by atoms with Gasteiger partial charge in [0.1, 0.15) is 19.8 Å². The lowest BCUT2D eigenvalue weighted by molar-refractivity contribution is -0.870. The number of ether oxygens (including phenoxy) is 2. The van der Waals surface area contributed by atoms with Crippen molar-refractivity contribution >= 4 is 19.8 Å². The second kappa shape index (κ2) is 41.3. The van der Waals surface area contributed by atoms with Crippen LogP contribution in [0.1, 0.15) is 155 Å². The maximum atomic E-state index is 12.7. The molecule has 0 aliphatic rings. The zero-order chi connectivity index (χ0) is 44.3. The topological polar surface area (TPSA) is 111 Å². The molecule has 0 aromatic heterocycles. The molecule has 0 aromatic carbocycles. The minimum atomic E-state index is -4.66. The molecule has 60 heavy (non-hydrogen) atoms. The van der Waals surface area contributed by atoms with Gasteiger partial charge in [-0.25, -0.2) is 0 Å². The van der Waals surface area contributed by atoms with E-state index in [-0.39, 0.29) is 26.1 Å². The van der Waals surface area contributed by atoms with E-state index >= 15 is 0 Å². The number of carbonyl (C=O) groups excluding carboxylic acids is 2. The van der Waals surface area contributed by atoms with Crippen LogP contribution in [0.5, 0.6) is 0 Å². The molecule has 1 unspecified atom stereocenters. The molecule has 0 bridgehead atoms. The van der Waals surface area contributed by atoms with Crippen molar-refractivity contribution in [1.29, 1.82) is 0 Å². The summed E-state index contributed by atoms with van der Waals surface area (Å²) in [5.41, 5.74) is 0. The molecule has 0 fully saturated rings. The average molecular weight is 858 g/mol. The van der Waals surface area contributed by atoms with Crippen molar-refractivity contribution in [3.05, 3.63) is 97.2 Å². The lowest BCUT2D eigenvalue weighted by Crippen LogP contribution is -2.37. The number of quaternary nitrogens is 1. The first kappa shape index (κ1) is 56.9.